The topological polar surface area (TPSA) is 73.3 Å². The van der Waals surface area contributed by atoms with Gasteiger partial charge in [-0.05, 0) is 51.1 Å². The standard InChI is InChI=1S/C19H19N3O3/c1-19(2,3)25-18(23)22-17-12-13(9-11-21-17)24-16-8-4-7-15-14(16)6-5-10-20-15/h4-12H,1-3H3,(H,21,22,23). The van der Waals surface area contributed by atoms with Crippen LogP contribution >= 0.6 is 0 Å². The quantitative estimate of drug-likeness (QED) is 0.745. The molecule has 128 valence electrons. The van der Waals surface area contributed by atoms with Crippen molar-refractivity contribution >= 4 is 22.8 Å². The van der Waals surface area contributed by atoms with Gasteiger partial charge in [0, 0.05) is 23.8 Å². The number of nitrogens with zero attached hydrogens (tertiary/aromatic N) is 2. The highest BCUT2D eigenvalue weighted by molar-refractivity contribution is 5.85. The third-order valence-electron chi connectivity index (χ3n) is 3.19. The van der Waals surface area contributed by atoms with Gasteiger partial charge >= 0.3 is 6.09 Å². The highest BCUT2D eigenvalue weighted by atomic mass is 16.6. The van der Waals surface area contributed by atoms with Crippen molar-refractivity contribution in [1.29, 1.82) is 0 Å². The molecule has 25 heavy (non-hydrogen) atoms. The van der Waals surface area contributed by atoms with Gasteiger partial charge in [0.15, 0.2) is 0 Å². The van der Waals surface area contributed by atoms with Crippen LogP contribution in [0.25, 0.3) is 10.9 Å². The van der Waals surface area contributed by atoms with Gasteiger partial charge in [0.2, 0.25) is 0 Å². The Morgan fingerprint density at radius 3 is 2.68 bits per heavy atom. The Hall–Kier alpha value is -3.15. The minimum absolute atomic E-state index is 0.352. The summed E-state index contributed by atoms with van der Waals surface area (Å²) < 4.78 is 11.2. The highest BCUT2D eigenvalue weighted by Gasteiger charge is 2.16. The molecule has 0 spiro atoms. The number of amides is 1. The van der Waals surface area contributed by atoms with E-state index in [1.165, 1.54) is 0 Å². The molecule has 1 aromatic carbocycles. The lowest BCUT2D eigenvalue weighted by atomic mass is 10.2. The van der Waals surface area contributed by atoms with Crippen molar-refractivity contribution in [2.24, 2.45) is 0 Å². The Morgan fingerprint density at radius 2 is 1.88 bits per heavy atom. The summed E-state index contributed by atoms with van der Waals surface area (Å²) in [5.41, 5.74) is 0.273. The number of hydrogen-bond acceptors (Lipinski definition) is 5. The fourth-order valence-corrected chi connectivity index (χ4v) is 2.24. The molecular weight excluding hydrogens is 318 g/mol. The molecule has 0 aliphatic rings. The molecule has 1 N–H and O–H groups in total. The molecule has 6 heteroatoms. The summed E-state index contributed by atoms with van der Waals surface area (Å²) in [4.78, 5) is 20.3. The van der Waals surface area contributed by atoms with Crippen molar-refractivity contribution in [3.05, 3.63) is 54.9 Å². The minimum atomic E-state index is -0.575. The SMILES string of the molecule is CC(C)(C)OC(=O)Nc1cc(Oc2cccc3ncccc23)ccn1. The smallest absolute Gasteiger partial charge is 0.413 e. The number of pyridine rings is 2. The summed E-state index contributed by atoms with van der Waals surface area (Å²) in [5.74, 6) is 1.59. The average molecular weight is 337 g/mol. The zero-order valence-electron chi connectivity index (χ0n) is 14.3. The Bertz CT molecular complexity index is 898. The van der Waals surface area contributed by atoms with Gasteiger partial charge in [-0.1, -0.05) is 6.07 Å². The molecule has 3 rings (SSSR count). The molecule has 0 saturated carbocycles. The fraction of sp³-hybridized carbons (Fsp3) is 0.211. The molecule has 0 atom stereocenters. The average Bonchev–Trinajstić information content (AvgIpc) is 2.54. The van der Waals surface area contributed by atoms with Crippen molar-refractivity contribution in [3.63, 3.8) is 0 Å². The molecule has 1 amide bonds. The van der Waals surface area contributed by atoms with Gasteiger partial charge in [0.05, 0.1) is 5.52 Å². The van der Waals surface area contributed by atoms with Crippen LogP contribution in [0.3, 0.4) is 0 Å². The third kappa shape index (κ3) is 4.44. The summed E-state index contributed by atoms with van der Waals surface area (Å²) in [6, 6.07) is 12.8. The molecule has 2 aromatic heterocycles. The number of aromatic nitrogens is 2. The van der Waals surface area contributed by atoms with E-state index < -0.39 is 11.7 Å². The normalized spacial score (nSPS) is 11.2. The van der Waals surface area contributed by atoms with E-state index in [-0.39, 0.29) is 0 Å². The van der Waals surface area contributed by atoms with Crippen molar-refractivity contribution in [1.82, 2.24) is 9.97 Å². The van der Waals surface area contributed by atoms with Gasteiger partial charge in [0.1, 0.15) is 22.9 Å². The lowest BCUT2D eigenvalue weighted by molar-refractivity contribution is 0.0635. The Balaban J connectivity index is 1.79. The molecule has 0 radical (unpaired) electrons. The number of anilines is 1. The number of fused-ring (bicyclic) bond motifs is 1. The lowest BCUT2D eigenvalue weighted by Gasteiger charge is -2.19. The van der Waals surface area contributed by atoms with Crippen LogP contribution in [0, 0.1) is 0 Å². The molecule has 2 heterocycles. The van der Waals surface area contributed by atoms with Crippen LogP contribution in [-0.2, 0) is 4.74 Å². The zero-order valence-corrected chi connectivity index (χ0v) is 14.3. The van der Waals surface area contributed by atoms with Gasteiger partial charge < -0.3 is 9.47 Å². The summed E-state index contributed by atoms with van der Waals surface area (Å²) in [7, 11) is 0. The van der Waals surface area contributed by atoms with E-state index in [1.54, 1.807) is 45.3 Å². The first-order valence-electron chi connectivity index (χ1n) is 7.88. The van der Waals surface area contributed by atoms with E-state index in [4.69, 9.17) is 9.47 Å². The molecule has 0 aliphatic carbocycles. The van der Waals surface area contributed by atoms with Crippen LogP contribution in [0.15, 0.2) is 54.9 Å². The maximum atomic E-state index is 11.9. The maximum absolute atomic E-state index is 11.9. The molecule has 0 saturated heterocycles. The van der Waals surface area contributed by atoms with E-state index in [1.807, 2.05) is 30.3 Å². The molecule has 0 aliphatic heterocycles. The van der Waals surface area contributed by atoms with E-state index in [9.17, 15) is 4.79 Å². The van der Waals surface area contributed by atoms with Gasteiger partial charge in [-0.3, -0.25) is 10.3 Å². The first-order valence-corrected chi connectivity index (χ1v) is 7.88. The summed E-state index contributed by atoms with van der Waals surface area (Å²) in [5, 5.41) is 3.50. The van der Waals surface area contributed by atoms with Gasteiger partial charge in [-0.25, -0.2) is 9.78 Å². The summed E-state index contributed by atoms with van der Waals surface area (Å²) in [6.07, 6.45) is 2.74. The van der Waals surface area contributed by atoms with Crippen LogP contribution in [0.5, 0.6) is 11.5 Å². The second-order valence-corrected chi connectivity index (χ2v) is 6.43. The summed E-state index contributed by atoms with van der Waals surface area (Å²) in [6.45, 7) is 5.40. The van der Waals surface area contributed by atoms with Crippen LogP contribution < -0.4 is 10.1 Å². The number of hydrogen-bond donors (Lipinski definition) is 1. The maximum Gasteiger partial charge on any atom is 0.413 e. The number of nitrogens with one attached hydrogen (secondary N) is 1. The number of ether oxygens (including phenoxy) is 2. The van der Waals surface area contributed by atoms with Crippen LogP contribution in [0.4, 0.5) is 10.6 Å². The highest BCUT2D eigenvalue weighted by Crippen LogP contribution is 2.29. The van der Waals surface area contributed by atoms with Crippen molar-refractivity contribution < 1.29 is 14.3 Å². The fourth-order valence-electron chi connectivity index (χ4n) is 2.24. The molecule has 0 bridgehead atoms. The lowest BCUT2D eigenvalue weighted by Crippen LogP contribution is -2.27. The Labute approximate surface area is 145 Å². The van der Waals surface area contributed by atoms with Crippen LogP contribution in [0.2, 0.25) is 0 Å². The molecule has 0 fully saturated rings. The first-order chi connectivity index (χ1) is 11.9. The minimum Gasteiger partial charge on any atom is -0.456 e. The van der Waals surface area contributed by atoms with E-state index in [2.05, 4.69) is 15.3 Å². The molecular formula is C19H19N3O3. The van der Waals surface area contributed by atoms with Crippen molar-refractivity contribution in [2.45, 2.75) is 26.4 Å². The van der Waals surface area contributed by atoms with Gasteiger partial charge in [-0.15, -0.1) is 0 Å². The number of rotatable bonds is 3. The number of carbonyl (C=O) groups is 1. The van der Waals surface area contributed by atoms with E-state index in [0.29, 0.717) is 17.3 Å². The van der Waals surface area contributed by atoms with Gasteiger partial charge in [0.25, 0.3) is 0 Å². The van der Waals surface area contributed by atoms with Gasteiger partial charge in [-0.2, -0.15) is 0 Å². The first kappa shape index (κ1) is 16.7. The predicted molar refractivity (Wildman–Crippen MR) is 95.9 cm³/mol. The summed E-state index contributed by atoms with van der Waals surface area (Å²) >= 11 is 0. The van der Waals surface area contributed by atoms with Crippen LogP contribution in [0.1, 0.15) is 20.8 Å². The second kappa shape index (κ2) is 6.76. The molecule has 0 unspecified atom stereocenters. The van der Waals surface area contributed by atoms with Crippen LogP contribution in [-0.4, -0.2) is 21.7 Å². The Kier molecular flexibility index (Phi) is 4.52. The molecule has 3 aromatic rings. The van der Waals surface area contributed by atoms with Crippen molar-refractivity contribution in [2.75, 3.05) is 5.32 Å². The predicted octanol–water partition coefficient (Wildman–Crippen LogP) is 4.77. The third-order valence-corrected chi connectivity index (χ3v) is 3.19. The monoisotopic (exact) mass is 337 g/mol. The van der Waals surface area contributed by atoms with E-state index in [0.717, 1.165) is 10.9 Å². The molecule has 6 nitrogen and oxygen atoms in total. The second-order valence-electron chi connectivity index (χ2n) is 6.43. The number of carbonyl (C=O) groups excluding carboxylic acids is 1. The Morgan fingerprint density at radius 1 is 1.04 bits per heavy atom. The van der Waals surface area contributed by atoms with Crippen molar-refractivity contribution in [3.8, 4) is 11.5 Å². The zero-order chi connectivity index (χ0) is 17.9. The largest absolute Gasteiger partial charge is 0.456 e. The van der Waals surface area contributed by atoms with E-state index >= 15 is 0 Å². The number of benzene rings is 1.